The topological polar surface area (TPSA) is 53.0 Å². The molecule has 6 heteroatoms. The number of rotatable bonds is 7. The second-order valence-electron chi connectivity index (χ2n) is 6.78. The molecule has 1 aliphatic heterocycles. The summed E-state index contributed by atoms with van der Waals surface area (Å²) in [5, 5.41) is 11.1. The molecule has 2 aromatic carbocycles. The third-order valence-electron chi connectivity index (χ3n) is 4.74. The molecule has 1 heterocycles. The zero-order valence-electron chi connectivity index (χ0n) is 15.5. The number of hydrogen-bond donors (Lipinski definition) is 1. The molecule has 1 atom stereocenters. The van der Waals surface area contributed by atoms with Gasteiger partial charge in [-0.2, -0.15) is 0 Å². The van der Waals surface area contributed by atoms with Crippen molar-refractivity contribution in [3.05, 3.63) is 59.1 Å². The van der Waals surface area contributed by atoms with Gasteiger partial charge in [-0.3, -0.25) is 9.69 Å². The highest BCUT2D eigenvalue weighted by atomic mass is 35.5. The average Bonchev–Trinajstić information content (AvgIpc) is 2.68. The number of aliphatic hydroxyl groups excluding tert-OH is 1. The third kappa shape index (κ3) is 5.45. The molecule has 3 rings (SSSR count). The first-order chi connectivity index (χ1) is 13.0. The van der Waals surface area contributed by atoms with Crippen molar-refractivity contribution in [3.8, 4) is 5.75 Å². The number of aliphatic hydroxyl groups is 1. The molecule has 0 radical (unpaired) electrons. The number of piperazine rings is 1. The van der Waals surface area contributed by atoms with Gasteiger partial charge in [0.15, 0.2) is 5.78 Å². The SMILES string of the molecule is CC(=O)c1ccc(OCC(O)CN2CCN(c3ccccc3Cl)CC2)cc1. The number of carbonyl (C=O) groups is 1. The molecule has 1 aliphatic rings. The van der Waals surface area contributed by atoms with Crippen LogP contribution in [0.1, 0.15) is 17.3 Å². The second-order valence-corrected chi connectivity index (χ2v) is 7.19. The van der Waals surface area contributed by atoms with Crippen molar-refractivity contribution in [3.63, 3.8) is 0 Å². The Labute approximate surface area is 165 Å². The minimum Gasteiger partial charge on any atom is -0.491 e. The van der Waals surface area contributed by atoms with E-state index in [1.54, 1.807) is 24.3 Å². The maximum atomic E-state index is 11.3. The Morgan fingerprint density at radius 2 is 1.78 bits per heavy atom. The molecule has 1 saturated heterocycles. The van der Waals surface area contributed by atoms with Crippen LogP contribution < -0.4 is 9.64 Å². The molecular formula is C21H25ClN2O3. The Bertz CT molecular complexity index is 758. The van der Waals surface area contributed by atoms with Gasteiger partial charge in [0.25, 0.3) is 0 Å². The molecule has 1 unspecified atom stereocenters. The molecule has 1 fully saturated rings. The predicted molar refractivity (Wildman–Crippen MR) is 108 cm³/mol. The summed E-state index contributed by atoms with van der Waals surface area (Å²) in [7, 11) is 0. The van der Waals surface area contributed by atoms with Crippen molar-refractivity contribution in [2.24, 2.45) is 0 Å². The highest BCUT2D eigenvalue weighted by Gasteiger charge is 2.20. The summed E-state index contributed by atoms with van der Waals surface area (Å²) in [6.07, 6.45) is -0.565. The summed E-state index contributed by atoms with van der Waals surface area (Å²) in [6.45, 7) is 5.83. The molecule has 27 heavy (non-hydrogen) atoms. The lowest BCUT2D eigenvalue weighted by molar-refractivity contribution is 0.0663. The number of carbonyl (C=O) groups excluding carboxylic acids is 1. The zero-order valence-corrected chi connectivity index (χ0v) is 16.2. The Morgan fingerprint density at radius 1 is 1.11 bits per heavy atom. The minimum absolute atomic E-state index is 0.0255. The van der Waals surface area contributed by atoms with Crippen molar-refractivity contribution < 1.29 is 14.6 Å². The van der Waals surface area contributed by atoms with E-state index in [4.69, 9.17) is 16.3 Å². The predicted octanol–water partition coefficient (Wildman–Crippen LogP) is 3.10. The second kappa shape index (κ2) is 9.22. The van der Waals surface area contributed by atoms with Crippen LogP contribution in [0.2, 0.25) is 5.02 Å². The van der Waals surface area contributed by atoms with Crippen molar-refractivity contribution in [2.75, 3.05) is 44.2 Å². The van der Waals surface area contributed by atoms with Gasteiger partial charge in [0, 0.05) is 38.3 Å². The van der Waals surface area contributed by atoms with E-state index >= 15 is 0 Å². The number of para-hydroxylation sites is 1. The van der Waals surface area contributed by atoms with Crippen molar-refractivity contribution in [2.45, 2.75) is 13.0 Å². The summed E-state index contributed by atoms with van der Waals surface area (Å²) < 4.78 is 5.63. The quantitative estimate of drug-likeness (QED) is 0.738. The van der Waals surface area contributed by atoms with E-state index in [9.17, 15) is 9.90 Å². The summed E-state index contributed by atoms with van der Waals surface area (Å²) in [5.41, 5.74) is 1.72. The number of nitrogens with zero attached hydrogens (tertiary/aromatic N) is 2. The first kappa shape index (κ1) is 19.7. The van der Waals surface area contributed by atoms with Gasteiger partial charge in [-0.1, -0.05) is 23.7 Å². The third-order valence-corrected chi connectivity index (χ3v) is 5.06. The molecule has 0 amide bonds. The maximum Gasteiger partial charge on any atom is 0.159 e. The molecule has 0 aromatic heterocycles. The van der Waals surface area contributed by atoms with Crippen LogP contribution in [0.25, 0.3) is 0 Å². The number of ether oxygens (including phenoxy) is 1. The molecule has 0 aliphatic carbocycles. The first-order valence-electron chi connectivity index (χ1n) is 9.16. The van der Waals surface area contributed by atoms with E-state index in [0.29, 0.717) is 17.9 Å². The fourth-order valence-corrected chi connectivity index (χ4v) is 3.46. The van der Waals surface area contributed by atoms with Crippen molar-refractivity contribution >= 4 is 23.1 Å². The Kier molecular flexibility index (Phi) is 6.72. The minimum atomic E-state index is -0.565. The lowest BCUT2D eigenvalue weighted by atomic mass is 10.1. The van der Waals surface area contributed by atoms with E-state index in [1.807, 2.05) is 24.3 Å². The number of benzene rings is 2. The monoisotopic (exact) mass is 388 g/mol. The van der Waals surface area contributed by atoms with Crippen LogP contribution in [0.4, 0.5) is 5.69 Å². The molecular weight excluding hydrogens is 364 g/mol. The molecule has 144 valence electrons. The number of ketones is 1. The van der Waals surface area contributed by atoms with Gasteiger partial charge in [-0.15, -0.1) is 0 Å². The van der Waals surface area contributed by atoms with E-state index < -0.39 is 6.10 Å². The van der Waals surface area contributed by atoms with Gasteiger partial charge in [-0.25, -0.2) is 0 Å². The van der Waals surface area contributed by atoms with Crippen molar-refractivity contribution in [1.29, 1.82) is 0 Å². The van der Waals surface area contributed by atoms with E-state index in [1.165, 1.54) is 6.92 Å². The van der Waals surface area contributed by atoms with Gasteiger partial charge in [0.2, 0.25) is 0 Å². The van der Waals surface area contributed by atoms with Crippen LogP contribution in [0.3, 0.4) is 0 Å². The molecule has 0 bridgehead atoms. The van der Waals surface area contributed by atoms with E-state index in [2.05, 4.69) is 9.80 Å². The summed E-state index contributed by atoms with van der Waals surface area (Å²) in [4.78, 5) is 15.8. The van der Waals surface area contributed by atoms with Gasteiger partial charge in [0.05, 0.1) is 10.7 Å². The summed E-state index contributed by atoms with van der Waals surface area (Å²) >= 11 is 6.27. The average molecular weight is 389 g/mol. The molecule has 0 saturated carbocycles. The largest absolute Gasteiger partial charge is 0.491 e. The van der Waals surface area contributed by atoms with Crippen molar-refractivity contribution in [1.82, 2.24) is 4.90 Å². The fourth-order valence-electron chi connectivity index (χ4n) is 3.21. The molecule has 5 nitrogen and oxygen atoms in total. The number of hydrogen-bond acceptors (Lipinski definition) is 5. The Morgan fingerprint density at radius 3 is 2.41 bits per heavy atom. The number of anilines is 1. The van der Waals surface area contributed by atoms with Crippen LogP contribution in [-0.2, 0) is 0 Å². The molecule has 1 N–H and O–H groups in total. The molecule has 2 aromatic rings. The van der Waals surface area contributed by atoms with Crippen LogP contribution in [-0.4, -0.2) is 61.2 Å². The Balaban J connectivity index is 1.42. The van der Waals surface area contributed by atoms with Gasteiger partial charge in [0.1, 0.15) is 18.5 Å². The molecule has 0 spiro atoms. The first-order valence-corrected chi connectivity index (χ1v) is 9.54. The highest BCUT2D eigenvalue weighted by molar-refractivity contribution is 6.33. The van der Waals surface area contributed by atoms with Crippen LogP contribution in [0, 0.1) is 0 Å². The number of Topliss-reactive ketones (excluding diaryl/α,β-unsaturated/α-hetero) is 1. The van der Waals surface area contributed by atoms with E-state index in [0.717, 1.165) is 36.9 Å². The smallest absolute Gasteiger partial charge is 0.159 e. The normalized spacial score (nSPS) is 16.2. The maximum absolute atomic E-state index is 11.3. The standard InChI is InChI=1S/C21H25ClN2O3/c1-16(25)17-6-8-19(9-7-17)27-15-18(26)14-23-10-12-24(13-11-23)21-5-3-2-4-20(21)22/h2-9,18,26H,10-15H2,1H3. The fraction of sp³-hybridized carbons (Fsp3) is 0.381. The number of β-amino-alcohol motifs (C(OH)–C–C–N with tert-alkyl or cyclic N) is 1. The summed E-state index contributed by atoms with van der Waals surface area (Å²) in [5.74, 6) is 0.681. The van der Waals surface area contributed by atoms with Crippen LogP contribution in [0.15, 0.2) is 48.5 Å². The lowest BCUT2D eigenvalue weighted by Gasteiger charge is -2.37. The van der Waals surface area contributed by atoms with E-state index in [-0.39, 0.29) is 12.4 Å². The summed E-state index contributed by atoms with van der Waals surface area (Å²) in [6, 6.07) is 14.9. The van der Waals surface area contributed by atoms with Crippen LogP contribution >= 0.6 is 11.6 Å². The highest BCUT2D eigenvalue weighted by Crippen LogP contribution is 2.26. The Hall–Kier alpha value is -2.08. The van der Waals surface area contributed by atoms with Gasteiger partial charge >= 0.3 is 0 Å². The van der Waals surface area contributed by atoms with Gasteiger partial charge < -0.3 is 14.7 Å². The lowest BCUT2D eigenvalue weighted by Crippen LogP contribution is -2.49. The number of halogens is 1. The van der Waals surface area contributed by atoms with Crippen LogP contribution in [0.5, 0.6) is 5.75 Å². The zero-order chi connectivity index (χ0) is 19.2. The van der Waals surface area contributed by atoms with Gasteiger partial charge in [-0.05, 0) is 43.3 Å².